The van der Waals surface area contributed by atoms with Crippen LogP contribution in [0, 0.1) is 13.8 Å². The molecule has 170 valence electrons. The number of amides is 2. The van der Waals surface area contributed by atoms with E-state index in [1.807, 2.05) is 32.0 Å². The van der Waals surface area contributed by atoms with E-state index in [1.165, 1.54) is 16.4 Å². The molecule has 0 aliphatic carbocycles. The molecule has 0 spiro atoms. The Bertz CT molecular complexity index is 1190. The Balaban J connectivity index is 1.51. The van der Waals surface area contributed by atoms with Gasteiger partial charge in [-0.05, 0) is 39.0 Å². The zero-order valence-electron chi connectivity index (χ0n) is 18.0. The van der Waals surface area contributed by atoms with Crippen LogP contribution >= 0.6 is 11.6 Å². The Labute approximate surface area is 192 Å². The van der Waals surface area contributed by atoms with Crippen LogP contribution in [0.15, 0.2) is 35.2 Å². The van der Waals surface area contributed by atoms with Crippen molar-refractivity contribution >= 4 is 39.1 Å². The molecule has 0 unspecified atom stereocenters. The van der Waals surface area contributed by atoms with Crippen molar-refractivity contribution in [1.82, 2.24) is 9.21 Å². The fourth-order valence-electron chi connectivity index (χ4n) is 3.96. The SMILES string of the molecule is Cc1cc(C)cc(C(=O)N2CCN(S(=O)(=O)c3cc4c(cc3Cl)NC(=O)[C@@H](C)O4)CC2)c1. The van der Waals surface area contributed by atoms with Gasteiger partial charge in [0.15, 0.2) is 6.10 Å². The quantitative estimate of drug-likeness (QED) is 0.733. The zero-order valence-corrected chi connectivity index (χ0v) is 19.6. The Morgan fingerprint density at radius 1 is 1.06 bits per heavy atom. The van der Waals surface area contributed by atoms with Gasteiger partial charge in [0, 0.05) is 37.8 Å². The van der Waals surface area contributed by atoms with Crippen molar-refractivity contribution in [2.45, 2.75) is 31.8 Å². The van der Waals surface area contributed by atoms with Crippen molar-refractivity contribution in [3.05, 3.63) is 52.0 Å². The lowest BCUT2D eigenvalue weighted by molar-refractivity contribution is -0.122. The van der Waals surface area contributed by atoms with Crippen molar-refractivity contribution in [2.24, 2.45) is 0 Å². The number of hydrogen-bond acceptors (Lipinski definition) is 5. The molecule has 32 heavy (non-hydrogen) atoms. The first-order valence-electron chi connectivity index (χ1n) is 10.2. The molecule has 1 N–H and O–H groups in total. The molecule has 2 aliphatic rings. The second-order valence-corrected chi connectivity index (χ2v) is 10.4. The minimum absolute atomic E-state index is 0.00375. The Hall–Kier alpha value is -2.62. The second-order valence-electron chi connectivity index (χ2n) is 8.10. The molecular formula is C22H24ClN3O5S. The minimum atomic E-state index is -3.91. The van der Waals surface area contributed by atoms with Crippen LogP contribution in [0.1, 0.15) is 28.4 Å². The number of aryl methyl sites for hydroxylation is 2. The molecule has 4 rings (SSSR count). The average Bonchev–Trinajstić information content (AvgIpc) is 2.73. The third-order valence-electron chi connectivity index (χ3n) is 5.58. The number of hydrogen-bond donors (Lipinski definition) is 1. The van der Waals surface area contributed by atoms with Gasteiger partial charge in [-0.2, -0.15) is 4.31 Å². The summed E-state index contributed by atoms with van der Waals surface area (Å²) >= 11 is 6.26. The topological polar surface area (TPSA) is 96.0 Å². The summed E-state index contributed by atoms with van der Waals surface area (Å²) in [6.45, 7) is 6.31. The number of halogens is 1. The van der Waals surface area contributed by atoms with Crippen LogP contribution < -0.4 is 10.1 Å². The highest BCUT2D eigenvalue weighted by atomic mass is 35.5. The van der Waals surface area contributed by atoms with Crippen LogP contribution in [0.25, 0.3) is 0 Å². The van der Waals surface area contributed by atoms with Crippen molar-refractivity contribution < 1.29 is 22.7 Å². The number of ether oxygens (including phenoxy) is 1. The summed E-state index contributed by atoms with van der Waals surface area (Å²) in [5, 5.41) is 2.65. The van der Waals surface area contributed by atoms with Crippen molar-refractivity contribution in [2.75, 3.05) is 31.5 Å². The number of rotatable bonds is 3. The van der Waals surface area contributed by atoms with Crippen LogP contribution in [0.5, 0.6) is 5.75 Å². The van der Waals surface area contributed by atoms with Gasteiger partial charge in [-0.25, -0.2) is 8.42 Å². The number of fused-ring (bicyclic) bond motifs is 1. The monoisotopic (exact) mass is 477 g/mol. The lowest BCUT2D eigenvalue weighted by atomic mass is 10.1. The predicted octanol–water partition coefficient (Wildman–Crippen LogP) is 2.82. The highest BCUT2D eigenvalue weighted by Crippen LogP contribution is 2.38. The summed E-state index contributed by atoms with van der Waals surface area (Å²) in [6, 6.07) is 8.40. The maximum absolute atomic E-state index is 13.3. The maximum Gasteiger partial charge on any atom is 0.265 e. The standard InChI is InChI=1S/C22H24ClN3O5S/c1-13-8-14(2)10-16(9-13)22(28)25-4-6-26(7-5-25)32(29,30)20-12-19-18(11-17(20)23)24-21(27)15(3)31-19/h8-12,15H,4-7H2,1-3H3,(H,24,27)/t15-/m1/s1. The van der Waals surface area contributed by atoms with Gasteiger partial charge < -0.3 is 15.0 Å². The lowest BCUT2D eigenvalue weighted by Gasteiger charge is -2.34. The largest absolute Gasteiger partial charge is 0.479 e. The van der Waals surface area contributed by atoms with E-state index in [0.717, 1.165) is 11.1 Å². The van der Waals surface area contributed by atoms with Crippen molar-refractivity contribution in [1.29, 1.82) is 0 Å². The molecule has 1 atom stereocenters. The number of anilines is 1. The lowest BCUT2D eigenvalue weighted by Crippen LogP contribution is -2.50. The molecule has 0 aromatic heterocycles. The van der Waals surface area contributed by atoms with Gasteiger partial charge in [0.05, 0.1) is 10.7 Å². The highest BCUT2D eigenvalue weighted by molar-refractivity contribution is 7.89. The van der Waals surface area contributed by atoms with E-state index in [0.29, 0.717) is 11.3 Å². The van der Waals surface area contributed by atoms with Crippen LogP contribution in [-0.4, -0.2) is 61.7 Å². The minimum Gasteiger partial charge on any atom is -0.479 e. The average molecular weight is 478 g/mol. The van der Waals surface area contributed by atoms with Crippen LogP contribution in [0.4, 0.5) is 5.69 Å². The third kappa shape index (κ3) is 4.20. The van der Waals surface area contributed by atoms with E-state index in [1.54, 1.807) is 11.8 Å². The summed E-state index contributed by atoms with van der Waals surface area (Å²) in [5.41, 5.74) is 2.94. The molecule has 8 nitrogen and oxygen atoms in total. The Kier molecular flexibility index (Phi) is 5.91. The van der Waals surface area contributed by atoms with Gasteiger partial charge in [0.25, 0.3) is 11.8 Å². The van der Waals surface area contributed by atoms with Gasteiger partial charge in [-0.3, -0.25) is 9.59 Å². The first-order valence-corrected chi connectivity index (χ1v) is 12.1. The van der Waals surface area contributed by atoms with E-state index >= 15 is 0 Å². The van der Waals surface area contributed by atoms with Crippen LogP contribution in [0.3, 0.4) is 0 Å². The fraction of sp³-hybridized carbons (Fsp3) is 0.364. The molecule has 0 bridgehead atoms. The Morgan fingerprint density at radius 3 is 2.31 bits per heavy atom. The molecule has 2 aromatic carbocycles. The third-order valence-corrected chi connectivity index (χ3v) is 7.94. The summed E-state index contributed by atoms with van der Waals surface area (Å²) in [4.78, 5) is 26.2. The number of nitrogens with one attached hydrogen (secondary N) is 1. The van der Waals surface area contributed by atoms with E-state index in [-0.39, 0.29) is 53.7 Å². The van der Waals surface area contributed by atoms with Crippen LogP contribution in [-0.2, 0) is 14.8 Å². The van der Waals surface area contributed by atoms with Crippen molar-refractivity contribution in [3.63, 3.8) is 0 Å². The van der Waals surface area contributed by atoms with Gasteiger partial charge in [0.2, 0.25) is 10.0 Å². The van der Waals surface area contributed by atoms with Gasteiger partial charge >= 0.3 is 0 Å². The summed E-state index contributed by atoms with van der Waals surface area (Å²) in [7, 11) is -3.91. The first-order chi connectivity index (χ1) is 15.1. The molecule has 1 fully saturated rings. The number of nitrogens with zero attached hydrogens (tertiary/aromatic N) is 2. The normalized spacial score (nSPS) is 19.2. The Morgan fingerprint density at radius 2 is 1.69 bits per heavy atom. The smallest absolute Gasteiger partial charge is 0.265 e. The van der Waals surface area contributed by atoms with E-state index in [9.17, 15) is 18.0 Å². The molecule has 2 aliphatic heterocycles. The van der Waals surface area contributed by atoms with Crippen molar-refractivity contribution in [3.8, 4) is 5.75 Å². The molecule has 2 heterocycles. The molecule has 0 saturated carbocycles. The number of carbonyl (C=O) groups is 2. The molecule has 1 saturated heterocycles. The van der Waals surface area contributed by atoms with E-state index < -0.39 is 16.1 Å². The predicted molar refractivity (Wildman–Crippen MR) is 121 cm³/mol. The molecular weight excluding hydrogens is 454 g/mol. The molecule has 2 aromatic rings. The number of piperazine rings is 1. The molecule has 2 amide bonds. The number of benzene rings is 2. The summed E-state index contributed by atoms with van der Waals surface area (Å²) in [5.74, 6) is -0.184. The van der Waals surface area contributed by atoms with Gasteiger partial charge in [-0.1, -0.05) is 28.8 Å². The first kappa shape index (κ1) is 22.6. The molecule has 0 radical (unpaired) electrons. The maximum atomic E-state index is 13.3. The number of sulfonamides is 1. The second kappa shape index (κ2) is 8.38. The molecule has 10 heteroatoms. The van der Waals surface area contributed by atoms with E-state index in [2.05, 4.69) is 5.32 Å². The number of carbonyl (C=O) groups excluding carboxylic acids is 2. The van der Waals surface area contributed by atoms with Crippen LogP contribution in [0.2, 0.25) is 5.02 Å². The van der Waals surface area contributed by atoms with E-state index in [4.69, 9.17) is 16.3 Å². The summed E-state index contributed by atoms with van der Waals surface area (Å²) < 4.78 is 33.4. The highest BCUT2D eigenvalue weighted by Gasteiger charge is 2.34. The fourth-order valence-corrected chi connectivity index (χ4v) is 5.90. The van der Waals surface area contributed by atoms with Gasteiger partial charge in [-0.15, -0.1) is 0 Å². The van der Waals surface area contributed by atoms with Gasteiger partial charge in [0.1, 0.15) is 10.6 Å². The zero-order chi connectivity index (χ0) is 23.2. The summed E-state index contributed by atoms with van der Waals surface area (Å²) in [6.07, 6.45) is -0.737.